The molecular formula is C15H17N5O2S. The van der Waals surface area contributed by atoms with Gasteiger partial charge in [-0.2, -0.15) is 0 Å². The molecule has 1 aromatic carbocycles. The van der Waals surface area contributed by atoms with E-state index in [1.165, 1.54) is 13.0 Å². The molecule has 0 fully saturated rings. The summed E-state index contributed by atoms with van der Waals surface area (Å²) < 4.78 is 0. The number of carbonyl (C=O) groups excluding carboxylic acids is 2. The summed E-state index contributed by atoms with van der Waals surface area (Å²) in [5.74, 6) is 0.205. The van der Waals surface area contributed by atoms with Crippen molar-refractivity contribution >= 4 is 40.8 Å². The Balaban J connectivity index is 2.05. The molecule has 23 heavy (non-hydrogen) atoms. The van der Waals surface area contributed by atoms with Crippen LogP contribution in [0.1, 0.15) is 24.2 Å². The van der Waals surface area contributed by atoms with E-state index in [9.17, 15) is 9.59 Å². The van der Waals surface area contributed by atoms with Crippen molar-refractivity contribution in [1.82, 2.24) is 9.97 Å². The van der Waals surface area contributed by atoms with Crippen molar-refractivity contribution in [1.29, 1.82) is 0 Å². The normalized spacial score (nSPS) is 11.7. The summed E-state index contributed by atoms with van der Waals surface area (Å²) in [5, 5.41) is 2.63. The van der Waals surface area contributed by atoms with Crippen molar-refractivity contribution < 1.29 is 9.59 Å². The highest BCUT2D eigenvalue weighted by Crippen LogP contribution is 2.23. The van der Waals surface area contributed by atoms with Crippen molar-refractivity contribution in [3.8, 4) is 0 Å². The molecule has 0 radical (unpaired) electrons. The highest BCUT2D eigenvalue weighted by molar-refractivity contribution is 8.00. The summed E-state index contributed by atoms with van der Waals surface area (Å²) >= 11 is 1.15. The smallest absolute Gasteiger partial charge is 0.237 e. The number of amides is 1. The maximum atomic E-state index is 12.2. The number of nitrogens with zero attached hydrogens (tertiary/aromatic N) is 2. The van der Waals surface area contributed by atoms with Crippen LogP contribution >= 0.6 is 11.8 Å². The van der Waals surface area contributed by atoms with E-state index in [0.29, 0.717) is 16.4 Å². The van der Waals surface area contributed by atoms with Gasteiger partial charge in [0.15, 0.2) is 10.9 Å². The first-order valence-corrected chi connectivity index (χ1v) is 7.71. The van der Waals surface area contributed by atoms with Crippen molar-refractivity contribution in [2.24, 2.45) is 0 Å². The van der Waals surface area contributed by atoms with Gasteiger partial charge in [-0.15, -0.1) is 0 Å². The van der Waals surface area contributed by atoms with E-state index < -0.39 is 5.25 Å². The molecule has 1 amide bonds. The first-order valence-electron chi connectivity index (χ1n) is 6.83. The van der Waals surface area contributed by atoms with Gasteiger partial charge < -0.3 is 16.8 Å². The highest BCUT2D eigenvalue weighted by Gasteiger charge is 2.17. The van der Waals surface area contributed by atoms with E-state index in [2.05, 4.69) is 15.3 Å². The van der Waals surface area contributed by atoms with E-state index in [-0.39, 0.29) is 23.3 Å². The molecule has 1 heterocycles. The van der Waals surface area contributed by atoms with Crippen LogP contribution in [0, 0.1) is 0 Å². The molecule has 1 aromatic heterocycles. The second-order valence-corrected chi connectivity index (χ2v) is 6.19. The number of nitrogen functional groups attached to an aromatic ring is 2. The summed E-state index contributed by atoms with van der Waals surface area (Å²) in [6.07, 6.45) is 0. The summed E-state index contributed by atoms with van der Waals surface area (Å²) in [6, 6.07) is 8.21. The maximum absolute atomic E-state index is 12.2. The van der Waals surface area contributed by atoms with Gasteiger partial charge in [-0.25, -0.2) is 9.97 Å². The zero-order valence-electron chi connectivity index (χ0n) is 12.7. The number of anilines is 3. The minimum Gasteiger partial charge on any atom is -0.383 e. The van der Waals surface area contributed by atoms with Crippen molar-refractivity contribution in [2.75, 3.05) is 16.8 Å². The van der Waals surface area contributed by atoms with Crippen LogP contribution in [0.4, 0.5) is 17.3 Å². The van der Waals surface area contributed by atoms with Gasteiger partial charge in [0, 0.05) is 17.3 Å². The zero-order valence-corrected chi connectivity index (χ0v) is 13.6. The molecule has 7 nitrogen and oxygen atoms in total. The van der Waals surface area contributed by atoms with Gasteiger partial charge in [-0.3, -0.25) is 9.59 Å². The van der Waals surface area contributed by atoms with Gasteiger partial charge in [0.1, 0.15) is 11.6 Å². The van der Waals surface area contributed by atoms with E-state index in [4.69, 9.17) is 11.5 Å². The summed E-state index contributed by atoms with van der Waals surface area (Å²) in [4.78, 5) is 31.6. The Bertz CT molecular complexity index is 730. The molecule has 5 N–H and O–H groups in total. The van der Waals surface area contributed by atoms with Crippen molar-refractivity contribution in [3.05, 3.63) is 35.9 Å². The minimum absolute atomic E-state index is 0.0628. The SMILES string of the molecule is CC(=O)c1cccc(NC(=O)[C@H](C)Sc2nc(N)cc(N)n2)c1. The van der Waals surface area contributed by atoms with Gasteiger partial charge in [-0.1, -0.05) is 23.9 Å². The molecule has 0 spiro atoms. The minimum atomic E-state index is -0.461. The molecule has 120 valence electrons. The summed E-state index contributed by atoms with van der Waals surface area (Å²) in [6.45, 7) is 3.19. The number of Topliss-reactive ketones (excluding diaryl/α,β-unsaturated/α-hetero) is 1. The van der Waals surface area contributed by atoms with Crippen LogP contribution in [0.3, 0.4) is 0 Å². The van der Waals surface area contributed by atoms with Crippen LogP contribution in [0.2, 0.25) is 0 Å². The number of benzene rings is 1. The lowest BCUT2D eigenvalue weighted by atomic mass is 10.1. The fourth-order valence-corrected chi connectivity index (χ4v) is 2.58. The van der Waals surface area contributed by atoms with E-state index in [0.717, 1.165) is 11.8 Å². The summed E-state index contributed by atoms with van der Waals surface area (Å²) in [7, 11) is 0. The van der Waals surface area contributed by atoms with Crippen LogP contribution in [0.25, 0.3) is 0 Å². The molecule has 0 aliphatic heterocycles. The van der Waals surface area contributed by atoms with Gasteiger partial charge in [0.25, 0.3) is 0 Å². The van der Waals surface area contributed by atoms with E-state index >= 15 is 0 Å². The third-order valence-electron chi connectivity index (χ3n) is 2.93. The number of nitrogens with two attached hydrogens (primary N) is 2. The average Bonchev–Trinajstić information content (AvgIpc) is 2.46. The lowest BCUT2D eigenvalue weighted by molar-refractivity contribution is -0.115. The number of hydrogen-bond acceptors (Lipinski definition) is 7. The first-order chi connectivity index (χ1) is 10.8. The van der Waals surface area contributed by atoms with Gasteiger partial charge in [0.2, 0.25) is 5.91 Å². The standard InChI is InChI=1S/C15H17N5O2S/c1-8(21)10-4-3-5-11(6-10)18-14(22)9(2)23-15-19-12(16)7-13(17)20-15/h3-7,9H,1-2H3,(H,18,22)(H4,16,17,19,20)/t9-/m0/s1. The Labute approximate surface area is 137 Å². The van der Waals surface area contributed by atoms with E-state index in [1.54, 1.807) is 31.2 Å². The van der Waals surface area contributed by atoms with Crippen molar-refractivity contribution in [3.63, 3.8) is 0 Å². The third-order valence-corrected chi connectivity index (χ3v) is 3.89. The molecular weight excluding hydrogens is 314 g/mol. The lowest BCUT2D eigenvalue weighted by Crippen LogP contribution is -2.23. The number of nitrogens with one attached hydrogen (secondary N) is 1. The Morgan fingerprint density at radius 1 is 1.17 bits per heavy atom. The molecule has 0 saturated heterocycles. The third kappa shape index (κ3) is 4.68. The topological polar surface area (TPSA) is 124 Å². The molecule has 1 atom stereocenters. The van der Waals surface area contributed by atoms with Gasteiger partial charge in [0.05, 0.1) is 5.25 Å². The molecule has 8 heteroatoms. The summed E-state index contributed by atoms with van der Waals surface area (Å²) in [5.41, 5.74) is 12.3. The van der Waals surface area contributed by atoms with Crippen molar-refractivity contribution in [2.45, 2.75) is 24.3 Å². The Morgan fingerprint density at radius 3 is 2.43 bits per heavy atom. The fraction of sp³-hybridized carbons (Fsp3) is 0.200. The monoisotopic (exact) mass is 331 g/mol. The van der Waals surface area contributed by atoms with E-state index in [1.807, 2.05) is 0 Å². The molecule has 2 rings (SSSR count). The Kier molecular flexibility index (Phi) is 5.17. The number of ketones is 1. The van der Waals surface area contributed by atoms with Gasteiger partial charge in [-0.05, 0) is 26.0 Å². The first kappa shape index (κ1) is 16.8. The second-order valence-electron chi connectivity index (χ2n) is 4.89. The number of thioether (sulfide) groups is 1. The second kappa shape index (κ2) is 7.10. The molecule has 0 bridgehead atoms. The lowest BCUT2D eigenvalue weighted by Gasteiger charge is -2.12. The average molecular weight is 331 g/mol. The Morgan fingerprint density at radius 2 is 1.83 bits per heavy atom. The Hall–Kier alpha value is -2.61. The van der Waals surface area contributed by atoms with Crippen LogP contribution in [0.15, 0.2) is 35.5 Å². The number of aromatic nitrogens is 2. The number of carbonyl (C=O) groups is 2. The predicted octanol–water partition coefficient (Wildman–Crippen LogP) is 1.96. The highest BCUT2D eigenvalue weighted by atomic mass is 32.2. The van der Waals surface area contributed by atoms with Gasteiger partial charge >= 0.3 is 0 Å². The van der Waals surface area contributed by atoms with Crippen LogP contribution in [0.5, 0.6) is 0 Å². The van der Waals surface area contributed by atoms with Crippen LogP contribution in [-0.2, 0) is 4.79 Å². The van der Waals surface area contributed by atoms with Crippen LogP contribution < -0.4 is 16.8 Å². The zero-order chi connectivity index (χ0) is 17.0. The molecule has 0 unspecified atom stereocenters. The molecule has 0 aliphatic carbocycles. The number of hydrogen-bond donors (Lipinski definition) is 3. The molecule has 0 saturated carbocycles. The quantitative estimate of drug-likeness (QED) is 0.434. The predicted molar refractivity (Wildman–Crippen MR) is 91.3 cm³/mol. The molecule has 2 aromatic rings. The largest absolute Gasteiger partial charge is 0.383 e. The maximum Gasteiger partial charge on any atom is 0.237 e. The molecule has 0 aliphatic rings. The fourth-order valence-electron chi connectivity index (χ4n) is 1.79. The van der Waals surface area contributed by atoms with Crippen LogP contribution in [-0.4, -0.2) is 26.9 Å². The number of rotatable bonds is 5.